The van der Waals surface area contributed by atoms with E-state index in [4.69, 9.17) is 10.8 Å². The van der Waals surface area contributed by atoms with Gasteiger partial charge in [0.25, 0.3) is 5.91 Å². The van der Waals surface area contributed by atoms with Crippen LogP contribution >= 0.6 is 11.3 Å². The van der Waals surface area contributed by atoms with Gasteiger partial charge in [-0.15, -0.1) is 0 Å². The van der Waals surface area contributed by atoms with Gasteiger partial charge in [-0.3, -0.25) is 4.79 Å². The van der Waals surface area contributed by atoms with E-state index in [1.807, 2.05) is 13.8 Å². The van der Waals surface area contributed by atoms with E-state index in [1.165, 1.54) is 11.3 Å². The van der Waals surface area contributed by atoms with Gasteiger partial charge in [-0.05, 0) is 38.5 Å². The Morgan fingerprint density at radius 1 is 1.48 bits per heavy atom. The molecule has 0 saturated heterocycles. The van der Waals surface area contributed by atoms with Gasteiger partial charge in [-0.1, -0.05) is 11.3 Å². The van der Waals surface area contributed by atoms with E-state index in [9.17, 15) is 4.79 Å². The highest BCUT2D eigenvalue weighted by Crippen LogP contribution is 2.48. The van der Waals surface area contributed by atoms with Crippen LogP contribution in [0.1, 0.15) is 42.8 Å². The van der Waals surface area contributed by atoms with Crippen LogP contribution in [0, 0.1) is 5.41 Å². The molecule has 0 aliphatic heterocycles. The molecule has 1 fully saturated rings. The zero-order chi connectivity index (χ0) is 15.5. The third-order valence-corrected chi connectivity index (χ3v) is 5.24. The number of hydrogen-bond acceptors (Lipinski definition) is 6. The largest absolute Gasteiger partial charge is 0.396 e. The lowest BCUT2D eigenvalue weighted by Crippen LogP contribution is -2.30. The monoisotopic (exact) mass is 312 g/mol. The minimum atomic E-state index is -0.160. The van der Waals surface area contributed by atoms with Crippen LogP contribution in [0.25, 0.3) is 0 Å². The van der Waals surface area contributed by atoms with Gasteiger partial charge >= 0.3 is 0 Å². The van der Waals surface area contributed by atoms with Gasteiger partial charge in [0.2, 0.25) is 0 Å². The van der Waals surface area contributed by atoms with Crippen molar-refractivity contribution in [3.8, 4) is 0 Å². The first-order chi connectivity index (χ1) is 10.0. The van der Waals surface area contributed by atoms with E-state index in [-0.39, 0.29) is 17.9 Å². The summed E-state index contributed by atoms with van der Waals surface area (Å²) in [6.07, 6.45) is 2.88. The quantitative estimate of drug-likeness (QED) is 0.676. The number of aliphatic hydroxyl groups is 1. The number of hydrogen-bond donors (Lipinski definition) is 3. The molecule has 1 heterocycles. The lowest BCUT2D eigenvalue weighted by Gasteiger charge is -2.16. The number of nitrogens with one attached hydrogen (secondary N) is 1. The van der Waals surface area contributed by atoms with Gasteiger partial charge in [0.1, 0.15) is 10.7 Å². The van der Waals surface area contributed by atoms with Crippen LogP contribution in [0.4, 0.5) is 10.9 Å². The summed E-state index contributed by atoms with van der Waals surface area (Å²) in [6.45, 7) is 6.54. The molecular weight excluding hydrogens is 288 g/mol. The number of carbonyl (C=O) groups is 1. The highest BCUT2D eigenvalue weighted by atomic mass is 32.1. The standard InChI is InChI=1S/C14H24N4O2S/c1-3-18(4-2)13-17-11(15)10(21-13)12(20)16-9-14(5-6-14)7-8-19/h19H,3-9,15H2,1-2H3,(H,16,20). The number of anilines is 2. The molecule has 1 aliphatic rings. The van der Waals surface area contributed by atoms with Crippen molar-refractivity contribution in [3.63, 3.8) is 0 Å². The number of nitrogens with two attached hydrogens (primary N) is 1. The summed E-state index contributed by atoms with van der Waals surface area (Å²) in [5, 5.41) is 12.8. The van der Waals surface area contributed by atoms with E-state index in [0.717, 1.165) is 37.5 Å². The highest BCUT2D eigenvalue weighted by molar-refractivity contribution is 7.18. The van der Waals surface area contributed by atoms with Crippen molar-refractivity contribution in [2.45, 2.75) is 33.1 Å². The Labute approximate surface area is 129 Å². The minimum Gasteiger partial charge on any atom is -0.396 e. The fourth-order valence-corrected chi connectivity index (χ4v) is 3.42. The number of carbonyl (C=O) groups excluding carboxylic acids is 1. The van der Waals surface area contributed by atoms with Gasteiger partial charge in [0.15, 0.2) is 5.13 Å². The number of thiazole rings is 1. The predicted molar refractivity (Wildman–Crippen MR) is 85.8 cm³/mol. The third kappa shape index (κ3) is 3.65. The fourth-order valence-electron chi connectivity index (χ4n) is 2.39. The van der Waals surface area contributed by atoms with Gasteiger partial charge in [-0.2, -0.15) is 0 Å². The first-order valence-electron chi connectivity index (χ1n) is 7.45. The summed E-state index contributed by atoms with van der Waals surface area (Å²) in [6, 6.07) is 0. The van der Waals surface area contributed by atoms with Crippen LogP contribution < -0.4 is 16.0 Å². The molecule has 1 aliphatic carbocycles. The maximum Gasteiger partial charge on any atom is 0.265 e. The van der Waals surface area contributed by atoms with E-state index < -0.39 is 0 Å². The van der Waals surface area contributed by atoms with Crippen LogP contribution in [-0.4, -0.2) is 42.2 Å². The lowest BCUT2D eigenvalue weighted by molar-refractivity contribution is 0.0945. The number of rotatable bonds is 8. The first-order valence-corrected chi connectivity index (χ1v) is 8.27. The van der Waals surface area contributed by atoms with Crippen LogP contribution in [0.5, 0.6) is 0 Å². The molecule has 0 spiro atoms. The van der Waals surface area contributed by atoms with Crippen LogP contribution in [0.3, 0.4) is 0 Å². The molecular formula is C14H24N4O2S. The second kappa shape index (κ2) is 6.62. The average Bonchev–Trinajstić information content (AvgIpc) is 3.13. The SMILES string of the molecule is CCN(CC)c1nc(N)c(C(=O)NCC2(CCO)CC2)s1. The van der Waals surface area contributed by atoms with Crippen LogP contribution in [0.15, 0.2) is 0 Å². The maximum atomic E-state index is 12.3. The Morgan fingerprint density at radius 3 is 2.67 bits per heavy atom. The topological polar surface area (TPSA) is 91.5 Å². The van der Waals surface area contributed by atoms with E-state index >= 15 is 0 Å². The van der Waals surface area contributed by atoms with Crippen LogP contribution in [-0.2, 0) is 0 Å². The normalized spacial score (nSPS) is 15.8. The summed E-state index contributed by atoms with van der Waals surface area (Å²) in [5.74, 6) is 0.138. The predicted octanol–water partition coefficient (Wildman–Crippen LogP) is 1.46. The number of amides is 1. The molecule has 1 amide bonds. The molecule has 6 nitrogen and oxygen atoms in total. The molecule has 21 heavy (non-hydrogen) atoms. The van der Waals surface area contributed by atoms with Crippen molar-refractivity contribution in [1.82, 2.24) is 10.3 Å². The Balaban J connectivity index is 1.99. The molecule has 0 radical (unpaired) electrons. The van der Waals surface area contributed by atoms with E-state index in [0.29, 0.717) is 17.2 Å². The summed E-state index contributed by atoms with van der Waals surface area (Å²) < 4.78 is 0. The summed E-state index contributed by atoms with van der Waals surface area (Å²) in [5.41, 5.74) is 5.98. The number of aliphatic hydroxyl groups excluding tert-OH is 1. The van der Waals surface area contributed by atoms with Crippen LogP contribution in [0.2, 0.25) is 0 Å². The van der Waals surface area contributed by atoms with Crippen molar-refractivity contribution >= 4 is 28.2 Å². The van der Waals surface area contributed by atoms with Crippen molar-refractivity contribution < 1.29 is 9.90 Å². The van der Waals surface area contributed by atoms with Crippen molar-refractivity contribution in [2.24, 2.45) is 5.41 Å². The zero-order valence-electron chi connectivity index (χ0n) is 12.7. The van der Waals surface area contributed by atoms with Gasteiger partial charge in [-0.25, -0.2) is 4.98 Å². The average molecular weight is 312 g/mol. The van der Waals surface area contributed by atoms with Gasteiger partial charge in [0.05, 0.1) is 0 Å². The molecule has 0 bridgehead atoms. The Hall–Kier alpha value is -1.34. The molecule has 1 aromatic heterocycles. The number of nitrogens with zero attached hydrogens (tertiary/aromatic N) is 2. The van der Waals surface area contributed by atoms with E-state index in [1.54, 1.807) is 0 Å². The number of aromatic nitrogens is 1. The second-order valence-electron chi connectivity index (χ2n) is 5.54. The first kappa shape index (κ1) is 16.0. The lowest BCUT2D eigenvalue weighted by atomic mass is 10.0. The molecule has 4 N–H and O–H groups in total. The van der Waals surface area contributed by atoms with Gasteiger partial charge < -0.3 is 21.1 Å². The Morgan fingerprint density at radius 2 is 2.14 bits per heavy atom. The molecule has 1 aromatic rings. The van der Waals surface area contributed by atoms with Crippen molar-refractivity contribution in [3.05, 3.63) is 4.88 Å². The molecule has 1 saturated carbocycles. The van der Waals surface area contributed by atoms with Gasteiger partial charge in [0, 0.05) is 26.2 Å². The zero-order valence-corrected chi connectivity index (χ0v) is 13.5. The Bertz CT molecular complexity index is 495. The molecule has 7 heteroatoms. The molecule has 118 valence electrons. The van der Waals surface area contributed by atoms with Crippen molar-refractivity contribution in [2.75, 3.05) is 36.9 Å². The highest BCUT2D eigenvalue weighted by Gasteiger charge is 2.42. The molecule has 2 rings (SSSR count). The molecule has 0 atom stereocenters. The molecule has 0 unspecified atom stereocenters. The fraction of sp³-hybridized carbons (Fsp3) is 0.714. The third-order valence-electron chi connectivity index (χ3n) is 4.11. The smallest absolute Gasteiger partial charge is 0.265 e. The van der Waals surface area contributed by atoms with E-state index in [2.05, 4.69) is 15.2 Å². The summed E-state index contributed by atoms with van der Waals surface area (Å²) >= 11 is 1.34. The minimum absolute atomic E-state index is 0.103. The second-order valence-corrected chi connectivity index (χ2v) is 6.52. The number of nitrogen functional groups attached to an aromatic ring is 1. The molecule has 0 aromatic carbocycles. The Kier molecular flexibility index (Phi) is 5.05. The summed E-state index contributed by atoms with van der Waals surface area (Å²) in [4.78, 5) is 19.1. The summed E-state index contributed by atoms with van der Waals surface area (Å²) in [7, 11) is 0. The maximum absolute atomic E-state index is 12.3. The van der Waals surface area contributed by atoms with Crippen molar-refractivity contribution in [1.29, 1.82) is 0 Å².